The summed E-state index contributed by atoms with van der Waals surface area (Å²) in [7, 11) is 0. The summed E-state index contributed by atoms with van der Waals surface area (Å²) in [5.74, 6) is -0.504. The fourth-order valence-corrected chi connectivity index (χ4v) is 5.18. The maximum absolute atomic E-state index is 13.8. The van der Waals surface area contributed by atoms with Crippen molar-refractivity contribution in [1.82, 2.24) is 4.90 Å². The number of nitrogens with one attached hydrogen (secondary N) is 1. The molecule has 2 heterocycles. The maximum atomic E-state index is 13.8. The summed E-state index contributed by atoms with van der Waals surface area (Å²) < 4.78 is 5.05. The van der Waals surface area contributed by atoms with Crippen LogP contribution in [0.1, 0.15) is 46.0 Å². The first-order valence-corrected chi connectivity index (χ1v) is 12.0. The topological polar surface area (TPSA) is 79.0 Å². The molecule has 0 radical (unpaired) electrons. The van der Waals surface area contributed by atoms with Gasteiger partial charge in [0.15, 0.2) is 5.78 Å². The molecule has 1 amide bonds. The van der Waals surface area contributed by atoms with Crippen LogP contribution >= 0.6 is 11.6 Å². The number of carbonyl (C=O) groups excluding carboxylic acids is 3. The van der Waals surface area contributed by atoms with E-state index in [4.69, 9.17) is 16.3 Å². The summed E-state index contributed by atoms with van der Waals surface area (Å²) in [6, 6.07) is 10.2. The Morgan fingerprint density at radius 3 is 2.68 bits per heavy atom. The van der Waals surface area contributed by atoms with E-state index in [1.807, 2.05) is 18.2 Å². The molecule has 2 aromatic rings. The number of rotatable bonds is 6. The van der Waals surface area contributed by atoms with Gasteiger partial charge in [-0.25, -0.2) is 0 Å². The minimum atomic E-state index is -0.674. The molecule has 1 fully saturated rings. The molecule has 1 aliphatic carbocycles. The summed E-state index contributed by atoms with van der Waals surface area (Å²) >= 11 is 6.19. The van der Waals surface area contributed by atoms with E-state index in [1.54, 1.807) is 37.3 Å². The molecule has 1 N–H and O–H groups in total. The summed E-state index contributed by atoms with van der Waals surface area (Å²) in [4.78, 5) is 42.5. The van der Waals surface area contributed by atoms with Crippen molar-refractivity contribution in [2.45, 2.75) is 31.8 Å². The molecule has 2 aliphatic heterocycles. The van der Waals surface area contributed by atoms with E-state index in [0.29, 0.717) is 40.7 Å². The summed E-state index contributed by atoms with van der Waals surface area (Å²) in [5, 5.41) is 4.02. The normalized spacial score (nSPS) is 19.9. The lowest BCUT2D eigenvalue weighted by atomic mass is 9.82. The van der Waals surface area contributed by atoms with Gasteiger partial charge in [-0.05, 0) is 49.6 Å². The van der Waals surface area contributed by atoms with Crippen LogP contribution in [0.2, 0.25) is 5.02 Å². The quantitative estimate of drug-likeness (QED) is 0.630. The number of hydrogen-bond donors (Lipinski definition) is 1. The largest absolute Gasteiger partial charge is 0.465 e. The Bertz CT molecular complexity index is 1190. The van der Waals surface area contributed by atoms with Gasteiger partial charge in [-0.2, -0.15) is 0 Å². The number of ether oxygens (including phenoxy) is 1. The zero-order valence-corrected chi connectivity index (χ0v) is 19.7. The molecule has 1 unspecified atom stereocenters. The number of fused-ring (bicyclic) bond motifs is 1. The van der Waals surface area contributed by atoms with Crippen molar-refractivity contribution < 1.29 is 19.1 Å². The molecule has 2 bridgehead atoms. The second kappa shape index (κ2) is 9.24. The number of halogens is 1. The number of Topliss-reactive ketones (excluding diaryl/α,β-unsaturated/α-hetero) is 1. The monoisotopic (exact) mass is 479 g/mol. The van der Waals surface area contributed by atoms with Gasteiger partial charge in [-0.1, -0.05) is 35.9 Å². The van der Waals surface area contributed by atoms with E-state index in [0.717, 1.165) is 31.5 Å². The Balaban J connectivity index is 1.40. The van der Waals surface area contributed by atoms with Crippen molar-refractivity contribution in [3.63, 3.8) is 0 Å². The molecule has 0 spiro atoms. The first-order chi connectivity index (χ1) is 16.5. The molecule has 1 saturated heterocycles. The van der Waals surface area contributed by atoms with Crippen LogP contribution in [0.25, 0.3) is 6.08 Å². The van der Waals surface area contributed by atoms with E-state index >= 15 is 0 Å². The van der Waals surface area contributed by atoms with Gasteiger partial charge in [0, 0.05) is 41.1 Å². The fourth-order valence-electron chi connectivity index (χ4n) is 4.99. The summed E-state index contributed by atoms with van der Waals surface area (Å²) in [6.07, 6.45) is 5.32. The highest BCUT2D eigenvalue weighted by molar-refractivity contribution is 6.31. The van der Waals surface area contributed by atoms with Crippen molar-refractivity contribution in [2.75, 3.05) is 36.5 Å². The van der Waals surface area contributed by atoms with E-state index in [1.165, 1.54) is 4.90 Å². The molecule has 0 saturated carbocycles. The number of amides is 1. The lowest BCUT2D eigenvalue weighted by Gasteiger charge is -2.38. The molecular weight excluding hydrogens is 454 g/mol. The average Bonchev–Trinajstić information content (AvgIpc) is 2.81. The van der Waals surface area contributed by atoms with Crippen molar-refractivity contribution in [1.29, 1.82) is 0 Å². The van der Waals surface area contributed by atoms with Gasteiger partial charge in [-0.15, -0.1) is 0 Å². The van der Waals surface area contributed by atoms with Crippen LogP contribution in [0.5, 0.6) is 0 Å². The molecular formula is C26H26ClN3O4. The third kappa shape index (κ3) is 4.10. The number of nitrogens with zero attached hydrogens (tertiary/aromatic N) is 2. The van der Waals surface area contributed by atoms with Crippen molar-refractivity contribution in [3.8, 4) is 0 Å². The SMILES string of the molecule is CCOC(=O)CN1CCC(Nc2ccc3c4c2C(=O)N(c2cccc(Cl)c2)C(C=C3)C4=O)CC1. The lowest BCUT2D eigenvalue weighted by molar-refractivity contribution is -0.144. The minimum Gasteiger partial charge on any atom is -0.465 e. The zero-order valence-electron chi connectivity index (χ0n) is 18.9. The molecule has 176 valence electrons. The Kier molecular flexibility index (Phi) is 6.15. The molecule has 3 aliphatic rings. The highest BCUT2D eigenvalue weighted by Crippen LogP contribution is 2.39. The standard InChI is InChI=1S/C26H26ClN3O4/c1-2-34-22(31)15-29-12-10-18(11-13-29)28-20-8-6-16-7-9-21-25(32)23(16)24(20)26(33)30(21)19-5-3-4-17(27)14-19/h3-9,14,18,21,28H,2,10-13,15H2,1H3. The van der Waals surface area contributed by atoms with E-state index in [2.05, 4.69) is 10.2 Å². The number of carbonyl (C=O) groups is 3. The van der Waals surface area contributed by atoms with Crippen molar-refractivity contribution in [3.05, 3.63) is 64.2 Å². The molecule has 34 heavy (non-hydrogen) atoms. The molecule has 1 atom stereocenters. The average molecular weight is 480 g/mol. The molecule has 2 aromatic carbocycles. The third-order valence-corrected chi connectivity index (χ3v) is 6.85. The Hall–Kier alpha value is -3.16. The van der Waals surface area contributed by atoms with Gasteiger partial charge in [0.1, 0.15) is 6.04 Å². The fraction of sp³-hybridized carbons (Fsp3) is 0.346. The highest BCUT2D eigenvalue weighted by Gasteiger charge is 2.43. The first-order valence-electron chi connectivity index (χ1n) is 11.6. The number of piperidine rings is 1. The Morgan fingerprint density at radius 1 is 1.15 bits per heavy atom. The minimum absolute atomic E-state index is 0.0834. The summed E-state index contributed by atoms with van der Waals surface area (Å²) in [6.45, 7) is 3.98. The summed E-state index contributed by atoms with van der Waals surface area (Å²) in [5.41, 5.74) is 2.93. The van der Waals surface area contributed by atoms with Crippen LogP contribution in [-0.4, -0.2) is 60.9 Å². The maximum Gasteiger partial charge on any atom is 0.320 e. The number of ketones is 1. The van der Waals surface area contributed by atoms with Crippen molar-refractivity contribution in [2.24, 2.45) is 0 Å². The Morgan fingerprint density at radius 2 is 1.94 bits per heavy atom. The van der Waals surface area contributed by atoms with Crippen LogP contribution in [0, 0.1) is 0 Å². The van der Waals surface area contributed by atoms with Gasteiger partial charge < -0.3 is 10.1 Å². The predicted molar refractivity (Wildman–Crippen MR) is 132 cm³/mol. The van der Waals surface area contributed by atoms with Crippen LogP contribution in [0.15, 0.2) is 42.5 Å². The van der Waals surface area contributed by atoms with E-state index < -0.39 is 6.04 Å². The number of benzene rings is 2. The lowest BCUT2D eigenvalue weighted by Crippen LogP contribution is -2.51. The van der Waals surface area contributed by atoms with Crippen LogP contribution in [-0.2, 0) is 9.53 Å². The third-order valence-electron chi connectivity index (χ3n) is 6.61. The van der Waals surface area contributed by atoms with Gasteiger partial charge in [0.25, 0.3) is 5.91 Å². The van der Waals surface area contributed by atoms with Crippen LogP contribution in [0.4, 0.5) is 11.4 Å². The molecule has 7 nitrogen and oxygen atoms in total. The van der Waals surface area contributed by atoms with Gasteiger partial charge in [-0.3, -0.25) is 24.2 Å². The molecule has 8 heteroatoms. The Labute approximate surface area is 203 Å². The van der Waals surface area contributed by atoms with Crippen LogP contribution < -0.4 is 10.2 Å². The van der Waals surface area contributed by atoms with Crippen LogP contribution in [0.3, 0.4) is 0 Å². The smallest absolute Gasteiger partial charge is 0.320 e. The number of hydrogen-bond acceptors (Lipinski definition) is 6. The highest BCUT2D eigenvalue weighted by atomic mass is 35.5. The second-order valence-electron chi connectivity index (χ2n) is 8.78. The predicted octanol–water partition coefficient (Wildman–Crippen LogP) is 4.02. The molecule has 0 aromatic heterocycles. The number of esters is 1. The second-order valence-corrected chi connectivity index (χ2v) is 9.21. The first kappa shape index (κ1) is 22.6. The van der Waals surface area contributed by atoms with Crippen molar-refractivity contribution >= 4 is 46.7 Å². The number of anilines is 2. The number of likely N-dealkylation sites (tertiary alicyclic amines) is 1. The van der Waals surface area contributed by atoms with Gasteiger partial charge in [0.2, 0.25) is 0 Å². The van der Waals surface area contributed by atoms with Gasteiger partial charge in [0.05, 0.1) is 18.7 Å². The van der Waals surface area contributed by atoms with E-state index in [9.17, 15) is 14.4 Å². The zero-order chi connectivity index (χ0) is 23.8. The van der Waals surface area contributed by atoms with Gasteiger partial charge >= 0.3 is 5.97 Å². The molecule has 5 rings (SSSR count). The van der Waals surface area contributed by atoms with E-state index in [-0.39, 0.29) is 23.7 Å².